The summed E-state index contributed by atoms with van der Waals surface area (Å²) in [6, 6.07) is 6.29. The van der Waals surface area contributed by atoms with E-state index in [9.17, 15) is 19.5 Å². The van der Waals surface area contributed by atoms with Gasteiger partial charge in [-0.15, -0.1) is 0 Å². The summed E-state index contributed by atoms with van der Waals surface area (Å²) in [5.41, 5.74) is -0.503. The number of carbonyl (C=O) groups is 1. The summed E-state index contributed by atoms with van der Waals surface area (Å²) in [5.74, 6) is 6.14. The highest BCUT2D eigenvalue weighted by Gasteiger charge is 2.28. The molecule has 0 aliphatic carbocycles. The van der Waals surface area contributed by atoms with E-state index in [1.54, 1.807) is 20.4 Å². The summed E-state index contributed by atoms with van der Waals surface area (Å²) in [7, 11) is 3.10. The van der Waals surface area contributed by atoms with Crippen molar-refractivity contribution in [2.45, 2.75) is 26.3 Å². The first-order chi connectivity index (χ1) is 14.1. The Labute approximate surface area is 173 Å². The lowest BCUT2D eigenvalue weighted by Crippen LogP contribution is -2.43. The molecule has 3 rings (SSSR count). The molecule has 3 aromatic rings. The van der Waals surface area contributed by atoms with E-state index < -0.39 is 16.8 Å². The summed E-state index contributed by atoms with van der Waals surface area (Å²) < 4.78 is 5.46. The molecular formula is C21H24N4O5. The molecule has 0 aliphatic rings. The van der Waals surface area contributed by atoms with Crippen molar-refractivity contribution in [3.8, 4) is 5.75 Å². The quantitative estimate of drug-likeness (QED) is 0.305. The normalized spacial score (nSPS) is 11.1. The first kappa shape index (κ1) is 21.1. The fourth-order valence-corrected chi connectivity index (χ4v) is 3.00. The fraction of sp³-hybridized carbons (Fsp3) is 0.286. The number of furan rings is 1. The lowest BCUT2D eigenvalue weighted by Gasteiger charge is -2.24. The molecule has 9 nitrogen and oxygen atoms in total. The molecule has 0 fully saturated rings. The van der Waals surface area contributed by atoms with Crippen molar-refractivity contribution in [1.29, 1.82) is 0 Å². The maximum atomic E-state index is 12.2. The zero-order valence-electron chi connectivity index (χ0n) is 17.2. The number of benzene rings is 1. The van der Waals surface area contributed by atoms with Gasteiger partial charge < -0.3 is 19.7 Å². The second-order valence-corrected chi connectivity index (χ2v) is 7.48. The maximum absolute atomic E-state index is 12.2. The van der Waals surface area contributed by atoms with Crippen LogP contribution in [0.5, 0.6) is 5.75 Å². The van der Waals surface area contributed by atoms with Crippen LogP contribution in [0.15, 0.2) is 44.5 Å². The predicted molar refractivity (Wildman–Crippen MR) is 114 cm³/mol. The highest BCUT2D eigenvalue weighted by Crippen LogP contribution is 2.35. The lowest BCUT2D eigenvalue weighted by atomic mass is 10.1. The van der Waals surface area contributed by atoms with Gasteiger partial charge >= 0.3 is 0 Å². The molecule has 0 aliphatic heterocycles. The Morgan fingerprint density at radius 3 is 2.53 bits per heavy atom. The molecule has 0 unspecified atom stereocenters. The number of nitrogens with zero attached hydrogens (tertiary/aromatic N) is 2. The van der Waals surface area contributed by atoms with Crippen LogP contribution in [-0.4, -0.2) is 30.0 Å². The van der Waals surface area contributed by atoms with Crippen molar-refractivity contribution in [2.75, 3.05) is 24.4 Å². The molecule has 0 spiro atoms. The second kappa shape index (κ2) is 8.03. The van der Waals surface area contributed by atoms with Crippen LogP contribution in [0.4, 0.5) is 17.1 Å². The Kier molecular flexibility index (Phi) is 5.66. The first-order valence-corrected chi connectivity index (χ1v) is 9.36. The number of amides is 1. The van der Waals surface area contributed by atoms with E-state index >= 15 is 0 Å². The first-order valence-electron chi connectivity index (χ1n) is 9.36. The summed E-state index contributed by atoms with van der Waals surface area (Å²) in [5, 5.41) is 14.3. The van der Waals surface area contributed by atoms with E-state index in [4.69, 9.17) is 10.3 Å². The molecule has 30 heavy (non-hydrogen) atoms. The van der Waals surface area contributed by atoms with Crippen LogP contribution in [-0.2, 0) is 6.54 Å². The van der Waals surface area contributed by atoms with Crippen molar-refractivity contribution in [3.05, 3.63) is 67.9 Å². The van der Waals surface area contributed by atoms with E-state index in [0.717, 1.165) is 10.6 Å². The van der Waals surface area contributed by atoms with Crippen molar-refractivity contribution in [2.24, 2.45) is 5.84 Å². The fourth-order valence-electron chi connectivity index (χ4n) is 3.00. The van der Waals surface area contributed by atoms with Crippen molar-refractivity contribution >= 4 is 23.0 Å². The van der Waals surface area contributed by atoms with Crippen molar-refractivity contribution in [1.82, 2.24) is 4.90 Å². The average molecular weight is 412 g/mol. The van der Waals surface area contributed by atoms with Crippen LogP contribution in [0.25, 0.3) is 0 Å². The number of phenols is 1. The molecule has 1 aromatic heterocycles. The van der Waals surface area contributed by atoms with Gasteiger partial charge in [-0.1, -0.05) is 19.9 Å². The van der Waals surface area contributed by atoms with Crippen LogP contribution >= 0.6 is 0 Å². The molecule has 1 amide bonds. The van der Waals surface area contributed by atoms with Crippen LogP contribution in [0.2, 0.25) is 0 Å². The van der Waals surface area contributed by atoms with Gasteiger partial charge in [0.15, 0.2) is 5.75 Å². The molecule has 1 heterocycles. The number of para-hydroxylation sites is 1. The molecule has 9 heteroatoms. The summed E-state index contributed by atoms with van der Waals surface area (Å²) >= 11 is 0. The standard InChI is InChI=1S/C21H24N4O5/c1-11(2)12-8-13(30-10-12)9-23-16-17(20(28)19(16)27)25(22)15-7-5-6-14(18(15)26)21(29)24(3)4/h5-8,10-11,23,26H,9,22H2,1-4H3. The zero-order valence-corrected chi connectivity index (χ0v) is 17.2. The van der Waals surface area contributed by atoms with Gasteiger partial charge in [-0.2, -0.15) is 0 Å². The molecule has 0 radical (unpaired) electrons. The Balaban J connectivity index is 1.88. The SMILES string of the molecule is CC(C)c1coc(CNc2c(N(N)c3cccc(C(=O)N(C)C)c3O)c(=O)c2=O)c1. The number of hydrazine groups is 1. The number of aromatic hydroxyl groups is 1. The number of rotatable bonds is 7. The number of nitrogens with one attached hydrogen (secondary N) is 1. The highest BCUT2D eigenvalue weighted by atomic mass is 16.3. The third-order valence-electron chi connectivity index (χ3n) is 4.82. The molecule has 0 bridgehead atoms. The Morgan fingerprint density at radius 1 is 1.23 bits per heavy atom. The van der Waals surface area contributed by atoms with E-state index in [0.29, 0.717) is 11.7 Å². The Morgan fingerprint density at radius 2 is 1.93 bits per heavy atom. The third kappa shape index (κ3) is 3.67. The zero-order chi connectivity index (χ0) is 22.2. The van der Waals surface area contributed by atoms with Crippen LogP contribution in [0, 0.1) is 0 Å². The van der Waals surface area contributed by atoms with E-state index in [1.807, 2.05) is 19.9 Å². The van der Waals surface area contributed by atoms with Gasteiger partial charge in [-0.3, -0.25) is 19.4 Å². The lowest BCUT2D eigenvalue weighted by molar-refractivity contribution is 0.0824. The summed E-state index contributed by atoms with van der Waals surface area (Å²) in [4.78, 5) is 37.8. The number of hydrogen-bond donors (Lipinski definition) is 3. The smallest absolute Gasteiger partial charge is 0.257 e. The molecule has 158 valence electrons. The number of anilines is 3. The summed E-state index contributed by atoms with van der Waals surface area (Å²) in [6.07, 6.45) is 1.64. The summed E-state index contributed by atoms with van der Waals surface area (Å²) in [6.45, 7) is 4.25. The minimum Gasteiger partial charge on any atom is -0.505 e. The van der Waals surface area contributed by atoms with Gasteiger partial charge in [0.1, 0.15) is 22.8 Å². The predicted octanol–water partition coefficient (Wildman–Crippen LogP) is 2.03. The minimum atomic E-state index is -0.786. The van der Waals surface area contributed by atoms with Gasteiger partial charge in [0.05, 0.1) is 18.4 Å². The van der Waals surface area contributed by atoms with Crippen molar-refractivity contribution < 1.29 is 14.3 Å². The molecule has 0 saturated carbocycles. The van der Waals surface area contributed by atoms with Crippen LogP contribution in [0.1, 0.15) is 41.4 Å². The molecule has 2 aromatic carbocycles. The molecule has 0 atom stereocenters. The van der Waals surface area contributed by atoms with Crippen molar-refractivity contribution in [3.63, 3.8) is 0 Å². The highest BCUT2D eigenvalue weighted by molar-refractivity contribution is 5.99. The maximum Gasteiger partial charge on any atom is 0.257 e. The number of nitrogens with two attached hydrogens (primary N) is 1. The van der Waals surface area contributed by atoms with Crippen LogP contribution < -0.4 is 27.0 Å². The molecular weight excluding hydrogens is 388 g/mol. The molecule has 0 saturated heterocycles. The van der Waals surface area contributed by atoms with E-state index in [2.05, 4.69) is 5.32 Å². The Hall–Kier alpha value is -3.59. The van der Waals surface area contributed by atoms with E-state index in [1.165, 1.54) is 23.1 Å². The van der Waals surface area contributed by atoms with Gasteiger partial charge in [0, 0.05) is 14.1 Å². The van der Waals surface area contributed by atoms with Gasteiger partial charge in [-0.25, -0.2) is 5.84 Å². The second-order valence-electron chi connectivity index (χ2n) is 7.48. The van der Waals surface area contributed by atoms with Gasteiger partial charge in [0.2, 0.25) is 0 Å². The largest absolute Gasteiger partial charge is 0.505 e. The van der Waals surface area contributed by atoms with Crippen LogP contribution in [0.3, 0.4) is 0 Å². The number of carbonyl (C=O) groups excluding carboxylic acids is 1. The monoisotopic (exact) mass is 412 g/mol. The molecule has 4 N–H and O–H groups in total. The average Bonchev–Trinajstić information content (AvgIpc) is 3.18. The van der Waals surface area contributed by atoms with Gasteiger partial charge in [0.25, 0.3) is 16.8 Å². The Bertz CT molecular complexity index is 1150. The van der Waals surface area contributed by atoms with Gasteiger partial charge in [-0.05, 0) is 29.7 Å². The van der Waals surface area contributed by atoms with E-state index in [-0.39, 0.29) is 34.9 Å². The number of hydrogen-bond acceptors (Lipinski definition) is 8. The third-order valence-corrected chi connectivity index (χ3v) is 4.82. The number of phenolic OH excluding ortho intramolecular Hbond substituents is 1. The topological polar surface area (TPSA) is 129 Å². The minimum absolute atomic E-state index is 0.0220.